The number of nitrogens with zero attached hydrogens (tertiary/aromatic N) is 1. The average molecular weight is 345 g/mol. The maximum absolute atomic E-state index is 12.8. The molecular formula is C19H23NO3S. The van der Waals surface area contributed by atoms with Crippen molar-refractivity contribution >= 4 is 25.2 Å². The lowest BCUT2D eigenvalue weighted by Crippen LogP contribution is -2.38. The minimum absolute atomic E-state index is 0. The van der Waals surface area contributed by atoms with E-state index in [0.29, 0.717) is 18.5 Å². The largest absolute Gasteiger partial charge is 0.388 e. The molecule has 1 spiro atoms. The molecule has 5 heteroatoms. The van der Waals surface area contributed by atoms with Gasteiger partial charge >= 0.3 is 0 Å². The van der Waals surface area contributed by atoms with Crippen molar-refractivity contribution in [2.45, 2.75) is 32.6 Å². The fourth-order valence-corrected chi connectivity index (χ4v) is 3.74. The summed E-state index contributed by atoms with van der Waals surface area (Å²) in [7, 11) is 0. The van der Waals surface area contributed by atoms with Crippen molar-refractivity contribution < 1.29 is 14.7 Å². The topological polar surface area (TPSA) is 57.6 Å². The van der Waals surface area contributed by atoms with Crippen LogP contribution in [0.4, 0.5) is 0 Å². The number of hydrogen-bond acceptors (Lipinski definition) is 3. The standard InChI is InChI=1S/C19H21NO3.H2S/c1-2-3-9-20-10-8-19(18(20)23)7-6-14-4-5-15(17(22)13-21)11-16(14)12-19;/h4-5,11,21H,6-10,12-13H2,1H3;1H2/t19-;/m1./s1. The number of amides is 1. The van der Waals surface area contributed by atoms with Crippen LogP contribution in [0.3, 0.4) is 0 Å². The van der Waals surface area contributed by atoms with E-state index in [1.165, 1.54) is 5.56 Å². The van der Waals surface area contributed by atoms with Crippen molar-refractivity contribution in [1.29, 1.82) is 0 Å². The summed E-state index contributed by atoms with van der Waals surface area (Å²) in [4.78, 5) is 26.4. The summed E-state index contributed by atoms with van der Waals surface area (Å²) in [5.41, 5.74) is 2.49. The molecule has 0 radical (unpaired) electrons. The molecule has 0 saturated carbocycles. The Morgan fingerprint density at radius 1 is 1.33 bits per heavy atom. The Bertz CT molecular complexity index is 719. The predicted molar refractivity (Wildman–Crippen MR) is 97.3 cm³/mol. The minimum atomic E-state index is -0.480. The van der Waals surface area contributed by atoms with E-state index in [2.05, 4.69) is 11.8 Å². The summed E-state index contributed by atoms with van der Waals surface area (Å²) in [6.45, 7) is 2.57. The van der Waals surface area contributed by atoms with Crippen molar-refractivity contribution in [3.8, 4) is 11.8 Å². The summed E-state index contributed by atoms with van der Waals surface area (Å²) >= 11 is 0. The average Bonchev–Trinajstić information content (AvgIpc) is 2.87. The second kappa shape index (κ2) is 7.42. The van der Waals surface area contributed by atoms with Gasteiger partial charge in [0, 0.05) is 12.1 Å². The van der Waals surface area contributed by atoms with Crippen LogP contribution < -0.4 is 0 Å². The smallest absolute Gasteiger partial charge is 0.229 e. The zero-order valence-electron chi connectivity index (χ0n) is 13.9. The SMILES string of the molecule is CC#CCN1CC[C@@]2(CCc3ccc(C(=O)CO)cc3C2)C1=O.S. The van der Waals surface area contributed by atoms with E-state index in [0.717, 1.165) is 31.4 Å². The molecule has 1 aliphatic heterocycles. The van der Waals surface area contributed by atoms with Crippen LogP contribution in [0, 0.1) is 17.3 Å². The number of ketones is 1. The van der Waals surface area contributed by atoms with Gasteiger partial charge in [0.2, 0.25) is 5.91 Å². The Morgan fingerprint density at radius 3 is 2.83 bits per heavy atom. The molecule has 1 saturated heterocycles. The summed E-state index contributed by atoms with van der Waals surface area (Å²) < 4.78 is 0. The number of aliphatic hydroxyl groups is 1. The molecule has 1 amide bonds. The van der Waals surface area contributed by atoms with Crippen LogP contribution in [0.5, 0.6) is 0 Å². The molecule has 1 atom stereocenters. The monoisotopic (exact) mass is 345 g/mol. The van der Waals surface area contributed by atoms with E-state index >= 15 is 0 Å². The number of aryl methyl sites for hydroxylation is 1. The normalized spacial score (nSPS) is 21.8. The quantitative estimate of drug-likeness (QED) is 0.670. The number of carbonyl (C=O) groups is 2. The first kappa shape index (κ1) is 18.6. The number of hydrogen-bond donors (Lipinski definition) is 1. The molecule has 1 aromatic rings. The van der Waals surface area contributed by atoms with Crippen LogP contribution in [-0.2, 0) is 17.6 Å². The van der Waals surface area contributed by atoms with Gasteiger partial charge in [-0.15, -0.1) is 5.92 Å². The van der Waals surface area contributed by atoms with Crippen molar-refractivity contribution in [2.75, 3.05) is 19.7 Å². The zero-order valence-corrected chi connectivity index (χ0v) is 14.9. The molecule has 1 aliphatic carbocycles. The molecule has 1 aromatic carbocycles. The summed E-state index contributed by atoms with van der Waals surface area (Å²) in [5, 5.41) is 9.03. The second-order valence-corrected chi connectivity index (χ2v) is 6.43. The number of aliphatic hydroxyl groups excluding tert-OH is 1. The highest BCUT2D eigenvalue weighted by atomic mass is 32.1. The number of benzene rings is 1. The molecule has 3 rings (SSSR count). The molecule has 1 heterocycles. The number of carbonyl (C=O) groups excluding carboxylic acids is 2. The fourth-order valence-electron chi connectivity index (χ4n) is 3.74. The van der Waals surface area contributed by atoms with Crippen molar-refractivity contribution in [3.63, 3.8) is 0 Å². The molecule has 0 bridgehead atoms. The molecule has 1 N–H and O–H groups in total. The zero-order chi connectivity index (χ0) is 16.4. The molecule has 1 fully saturated rings. The summed E-state index contributed by atoms with van der Waals surface area (Å²) in [6.07, 6.45) is 3.27. The third kappa shape index (κ3) is 3.22. The number of Topliss-reactive ketones (excluding diaryl/α,β-unsaturated/α-hetero) is 1. The lowest BCUT2D eigenvalue weighted by Gasteiger charge is -2.33. The van der Waals surface area contributed by atoms with Crippen LogP contribution >= 0.6 is 13.5 Å². The number of rotatable bonds is 3. The van der Waals surface area contributed by atoms with Crippen LogP contribution in [0.2, 0.25) is 0 Å². The van der Waals surface area contributed by atoms with Crippen LogP contribution in [0.15, 0.2) is 18.2 Å². The number of fused-ring (bicyclic) bond motifs is 1. The Kier molecular flexibility index (Phi) is 5.74. The Morgan fingerprint density at radius 2 is 2.12 bits per heavy atom. The van der Waals surface area contributed by atoms with E-state index in [-0.39, 0.29) is 30.6 Å². The molecular weight excluding hydrogens is 322 g/mol. The molecule has 0 aromatic heterocycles. The van der Waals surface area contributed by atoms with E-state index < -0.39 is 6.61 Å². The molecule has 24 heavy (non-hydrogen) atoms. The highest BCUT2D eigenvalue weighted by Crippen LogP contribution is 2.43. The van der Waals surface area contributed by atoms with Crippen molar-refractivity contribution in [1.82, 2.24) is 4.90 Å². The highest BCUT2D eigenvalue weighted by Gasteiger charge is 2.47. The first-order valence-electron chi connectivity index (χ1n) is 8.04. The fraction of sp³-hybridized carbons (Fsp3) is 0.474. The van der Waals surface area contributed by atoms with E-state index in [1.807, 2.05) is 17.0 Å². The molecule has 4 nitrogen and oxygen atoms in total. The molecule has 0 unspecified atom stereocenters. The predicted octanol–water partition coefficient (Wildman–Crippen LogP) is 1.71. The van der Waals surface area contributed by atoms with E-state index in [1.54, 1.807) is 13.0 Å². The number of likely N-dealkylation sites (tertiary alicyclic amines) is 1. The first-order chi connectivity index (χ1) is 11.1. The summed E-state index contributed by atoms with van der Waals surface area (Å²) in [6, 6.07) is 5.59. The lowest BCUT2D eigenvalue weighted by molar-refractivity contribution is -0.136. The van der Waals surface area contributed by atoms with Gasteiger partial charge in [0.25, 0.3) is 0 Å². The lowest BCUT2D eigenvalue weighted by atomic mass is 9.70. The molecule has 2 aliphatic rings. The van der Waals surface area contributed by atoms with Gasteiger partial charge in [0.1, 0.15) is 6.61 Å². The van der Waals surface area contributed by atoms with Gasteiger partial charge in [-0.3, -0.25) is 9.59 Å². The maximum atomic E-state index is 12.8. The van der Waals surface area contributed by atoms with Gasteiger partial charge in [0.15, 0.2) is 5.78 Å². The van der Waals surface area contributed by atoms with Gasteiger partial charge < -0.3 is 10.0 Å². The molecule has 128 valence electrons. The Balaban J connectivity index is 0.00000208. The Labute approximate surface area is 149 Å². The maximum Gasteiger partial charge on any atom is 0.229 e. The van der Waals surface area contributed by atoms with Gasteiger partial charge in [-0.25, -0.2) is 0 Å². The Hall–Kier alpha value is -1.77. The van der Waals surface area contributed by atoms with Gasteiger partial charge in [0.05, 0.1) is 12.0 Å². The van der Waals surface area contributed by atoms with Crippen molar-refractivity contribution in [3.05, 3.63) is 34.9 Å². The highest BCUT2D eigenvalue weighted by molar-refractivity contribution is 7.59. The second-order valence-electron chi connectivity index (χ2n) is 6.43. The van der Waals surface area contributed by atoms with E-state index in [9.17, 15) is 9.59 Å². The van der Waals surface area contributed by atoms with Crippen LogP contribution in [-0.4, -0.2) is 41.4 Å². The minimum Gasteiger partial charge on any atom is -0.388 e. The first-order valence-corrected chi connectivity index (χ1v) is 8.04. The van der Waals surface area contributed by atoms with Crippen LogP contribution in [0.25, 0.3) is 0 Å². The van der Waals surface area contributed by atoms with Gasteiger partial charge in [-0.1, -0.05) is 18.1 Å². The van der Waals surface area contributed by atoms with Gasteiger partial charge in [-0.2, -0.15) is 13.5 Å². The van der Waals surface area contributed by atoms with E-state index in [4.69, 9.17) is 5.11 Å². The third-order valence-electron chi connectivity index (χ3n) is 5.12. The van der Waals surface area contributed by atoms with Gasteiger partial charge in [-0.05, 0) is 49.8 Å². The summed E-state index contributed by atoms with van der Waals surface area (Å²) in [5.74, 6) is 5.75. The van der Waals surface area contributed by atoms with Crippen molar-refractivity contribution in [2.24, 2.45) is 5.41 Å². The third-order valence-corrected chi connectivity index (χ3v) is 5.12. The van der Waals surface area contributed by atoms with Crippen LogP contribution in [0.1, 0.15) is 41.3 Å².